The zero-order valence-electron chi connectivity index (χ0n) is 5.07. The third kappa shape index (κ3) is 0.988. The first kappa shape index (κ1) is 7.12. The first-order chi connectivity index (χ1) is 4.63. The van der Waals surface area contributed by atoms with Gasteiger partial charge in [0.05, 0.1) is 0 Å². The van der Waals surface area contributed by atoms with Crippen LogP contribution in [0.15, 0.2) is 36.0 Å². The smallest absolute Gasteiger partial charge is 0.179 e. The Labute approximate surface area is 56.4 Å². The first-order valence-electron chi connectivity index (χ1n) is 2.69. The predicted octanol–water partition coefficient (Wildman–Crippen LogP) is 2.60. The molecular weight excluding hydrogens is 141 g/mol. The molecular formula is C7H5F3. The minimum Gasteiger partial charge on any atom is -0.234 e. The summed E-state index contributed by atoms with van der Waals surface area (Å²) in [5.41, 5.74) is -0.0566. The molecule has 0 aromatic carbocycles. The van der Waals surface area contributed by atoms with Gasteiger partial charge >= 0.3 is 0 Å². The molecule has 0 radical (unpaired) electrons. The van der Waals surface area contributed by atoms with Gasteiger partial charge in [-0.2, -0.15) is 0 Å². The van der Waals surface area contributed by atoms with Crippen molar-refractivity contribution >= 4 is 0 Å². The lowest BCUT2D eigenvalue weighted by molar-refractivity contribution is 0.352. The average Bonchev–Trinajstić information content (AvgIpc) is 1.93. The number of allylic oxidation sites excluding steroid dienone is 5. The highest BCUT2D eigenvalue weighted by Gasteiger charge is 2.22. The van der Waals surface area contributed by atoms with E-state index in [4.69, 9.17) is 0 Å². The molecule has 0 aromatic rings. The van der Waals surface area contributed by atoms with Gasteiger partial charge in [-0.15, -0.1) is 0 Å². The third-order valence-corrected chi connectivity index (χ3v) is 1.22. The van der Waals surface area contributed by atoms with Crippen molar-refractivity contribution in [1.29, 1.82) is 0 Å². The standard InChI is InChI=1S/C7H5F3/c1-4-2-3-5(8)7(10)6(4)9/h2-3,6H,1H2. The van der Waals surface area contributed by atoms with Crippen molar-refractivity contribution in [2.45, 2.75) is 6.17 Å². The van der Waals surface area contributed by atoms with E-state index in [1.165, 1.54) is 0 Å². The summed E-state index contributed by atoms with van der Waals surface area (Å²) >= 11 is 0. The van der Waals surface area contributed by atoms with Crippen LogP contribution in [0.5, 0.6) is 0 Å². The van der Waals surface area contributed by atoms with Crippen LogP contribution < -0.4 is 0 Å². The Morgan fingerprint density at radius 1 is 1.30 bits per heavy atom. The molecule has 0 saturated carbocycles. The van der Waals surface area contributed by atoms with E-state index in [1.807, 2.05) is 0 Å². The van der Waals surface area contributed by atoms with Gasteiger partial charge in [0.15, 0.2) is 17.8 Å². The number of alkyl halides is 1. The summed E-state index contributed by atoms with van der Waals surface area (Å²) < 4.78 is 36.8. The molecule has 0 aliphatic heterocycles. The maximum atomic E-state index is 12.4. The Morgan fingerprint density at radius 2 is 1.90 bits per heavy atom. The molecule has 1 atom stereocenters. The predicted molar refractivity (Wildman–Crippen MR) is 32.4 cm³/mol. The lowest BCUT2D eigenvalue weighted by Crippen LogP contribution is -2.06. The Morgan fingerprint density at radius 3 is 2.40 bits per heavy atom. The second-order valence-corrected chi connectivity index (χ2v) is 1.97. The summed E-state index contributed by atoms with van der Waals surface area (Å²) in [6.45, 7) is 3.18. The number of hydrogen-bond acceptors (Lipinski definition) is 0. The van der Waals surface area contributed by atoms with E-state index in [0.717, 1.165) is 12.2 Å². The molecule has 0 aromatic heterocycles. The molecule has 10 heavy (non-hydrogen) atoms. The second-order valence-electron chi connectivity index (χ2n) is 1.97. The van der Waals surface area contributed by atoms with Gasteiger partial charge in [0.25, 0.3) is 0 Å². The van der Waals surface area contributed by atoms with Gasteiger partial charge in [-0.25, -0.2) is 13.2 Å². The van der Waals surface area contributed by atoms with Crippen molar-refractivity contribution in [2.75, 3.05) is 0 Å². The zero-order chi connectivity index (χ0) is 7.72. The fraction of sp³-hybridized carbons (Fsp3) is 0.143. The van der Waals surface area contributed by atoms with Crippen LogP contribution in [0.4, 0.5) is 13.2 Å². The van der Waals surface area contributed by atoms with Crippen LogP contribution in [0.3, 0.4) is 0 Å². The highest BCUT2D eigenvalue weighted by molar-refractivity contribution is 5.38. The molecule has 0 amide bonds. The maximum absolute atomic E-state index is 12.4. The Balaban J connectivity index is 2.99. The zero-order valence-corrected chi connectivity index (χ0v) is 5.07. The van der Waals surface area contributed by atoms with Crippen molar-refractivity contribution in [1.82, 2.24) is 0 Å². The lowest BCUT2D eigenvalue weighted by atomic mass is 10.1. The van der Waals surface area contributed by atoms with E-state index >= 15 is 0 Å². The van der Waals surface area contributed by atoms with Crippen LogP contribution in [0.25, 0.3) is 0 Å². The molecule has 1 aliphatic rings. The molecule has 54 valence electrons. The molecule has 1 unspecified atom stereocenters. The van der Waals surface area contributed by atoms with E-state index in [9.17, 15) is 13.2 Å². The molecule has 0 heterocycles. The van der Waals surface area contributed by atoms with E-state index < -0.39 is 17.8 Å². The molecule has 0 bridgehead atoms. The van der Waals surface area contributed by atoms with Crippen molar-refractivity contribution in [2.24, 2.45) is 0 Å². The Kier molecular flexibility index (Phi) is 1.66. The summed E-state index contributed by atoms with van der Waals surface area (Å²) in [6, 6.07) is 0. The van der Waals surface area contributed by atoms with E-state index in [2.05, 4.69) is 6.58 Å². The largest absolute Gasteiger partial charge is 0.234 e. The van der Waals surface area contributed by atoms with Crippen LogP contribution in [-0.2, 0) is 0 Å². The van der Waals surface area contributed by atoms with Crippen LogP contribution >= 0.6 is 0 Å². The average molecular weight is 146 g/mol. The normalized spacial score (nSPS) is 25.9. The molecule has 3 heteroatoms. The Bertz CT molecular complexity index is 225. The highest BCUT2D eigenvalue weighted by Crippen LogP contribution is 2.26. The molecule has 1 aliphatic carbocycles. The Hall–Kier alpha value is -0.990. The van der Waals surface area contributed by atoms with Gasteiger partial charge in [-0.05, 0) is 11.6 Å². The van der Waals surface area contributed by atoms with Crippen LogP contribution in [0.1, 0.15) is 0 Å². The summed E-state index contributed by atoms with van der Waals surface area (Å²) in [6.07, 6.45) is -0.0263. The van der Waals surface area contributed by atoms with Crippen LogP contribution in [0, 0.1) is 0 Å². The van der Waals surface area contributed by atoms with Crippen LogP contribution in [-0.4, -0.2) is 6.17 Å². The first-order valence-corrected chi connectivity index (χ1v) is 2.69. The molecule has 0 N–H and O–H groups in total. The highest BCUT2D eigenvalue weighted by atomic mass is 19.2. The van der Waals surface area contributed by atoms with Crippen LogP contribution in [0.2, 0.25) is 0 Å². The van der Waals surface area contributed by atoms with Gasteiger partial charge in [0.2, 0.25) is 0 Å². The maximum Gasteiger partial charge on any atom is 0.179 e. The van der Waals surface area contributed by atoms with Gasteiger partial charge in [0, 0.05) is 0 Å². The monoisotopic (exact) mass is 146 g/mol. The minimum atomic E-state index is -2.00. The van der Waals surface area contributed by atoms with E-state index in [-0.39, 0.29) is 5.57 Å². The van der Waals surface area contributed by atoms with Gasteiger partial charge in [-0.3, -0.25) is 0 Å². The molecule has 0 fully saturated rings. The minimum absolute atomic E-state index is 0.0566. The van der Waals surface area contributed by atoms with Gasteiger partial charge in [0.1, 0.15) is 0 Å². The van der Waals surface area contributed by atoms with Crippen molar-refractivity contribution < 1.29 is 13.2 Å². The van der Waals surface area contributed by atoms with E-state index in [1.54, 1.807) is 0 Å². The number of rotatable bonds is 0. The summed E-state index contributed by atoms with van der Waals surface area (Å²) in [5.74, 6) is -2.53. The van der Waals surface area contributed by atoms with Crippen molar-refractivity contribution in [3.63, 3.8) is 0 Å². The number of hydrogen-bond donors (Lipinski definition) is 0. The summed E-state index contributed by atoms with van der Waals surface area (Å²) in [4.78, 5) is 0. The third-order valence-electron chi connectivity index (χ3n) is 1.22. The topological polar surface area (TPSA) is 0 Å². The fourth-order valence-corrected chi connectivity index (χ4v) is 0.628. The van der Waals surface area contributed by atoms with Gasteiger partial charge in [-0.1, -0.05) is 12.7 Å². The molecule has 0 nitrogen and oxygen atoms in total. The van der Waals surface area contributed by atoms with Gasteiger partial charge < -0.3 is 0 Å². The van der Waals surface area contributed by atoms with E-state index in [0.29, 0.717) is 0 Å². The molecule has 1 rings (SSSR count). The van der Waals surface area contributed by atoms with Crippen molar-refractivity contribution in [3.05, 3.63) is 36.0 Å². The quantitative estimate of drug-likeness (QED) is 0.492. The summed E-state index contributed by atoms with van der Waals surface area (Å²) in [5, 5.41) is 0. The SMILES string of the molecule is C=C1C=CC(F)=C(F)C1F. The summed E-state index contributed by atoms with van der Waals surface area (Å²) in [7, 11) is 0. The lowest BCUT2D eigenvalue weighted by Gasteiger charge is -2.09. The van der Waals surface area contributed by atoms with Crippen molar-refractivity contribution in [3.8, 4) is 0 Å². The molecule has 0 saturated heterocycles. The molecule has 0 spiro atoms. The number of halogens is 3. The second kappa shape index (κ2) is 2.33. The fourth-order valence-electron chi connectivity index (χ4n) is 0.628.